The zero-order chi connectivity index (χ0) is 20.4. The summed E-state index contributed by atoms with van der Waals surface area (Å²) in [5, 5.41) is 2.33. The van der Waals surface area contributed by atoms with Gasteiger partial charge in [-0.25, -0.2) is 0 Å². The molecule has 0 bridgehead atoms. The number of nitrogens with one attached hydrogen (secondary N) is 1. The van der Waals surface area contributed by atoms with E-state index in [0.29, 0.717) is 31.2 Å². The first-order valence-electron chi connectivity index (χ1n) is 10.7. The standard InChI is InChI=1S/C22H29N3O4/c1-2-24-11-4-3-5-16(24)10-12-29-17-6-7-18-15(13-17)14-25(22(18)28)19-8-9-20(26)23-21(19)27/h6-7,13,16,19H,2-5,8-12,14H2,1H3,(H,23,26,27)/t16-,19?/m1/s1. The molecule has 3 heterocycles. The Morgan fingerprint density at radius 1 is 1.17 bits per heavy atom. The highest BCUT2D eigenvalue weighted by atomic mass is 16.5. The van der Waals surface area contributed by atoms with Crippen molar-refractivity contribution in [1.82, 2.24) is 15.1 Å². The van der Waals surface area contributed by atoms with Gasteiger partial charge in [-0.1, -0.05) is 13.3 Å². The monoisotopic (exact) mass is 399 g/mol. The Balaban J connectivity index is 1.36. The number of hydrogen-bond donors (Lipinski definition) is 1. The van der Waals surface area contributed by atoms with Gasteiger partial charge in [-0.3, -0.25) is 19.7 Å². The van der Waals surface area contributed by atoms with E-state index in [4.69, 9.17) is 4.74 Å². The number of rotatable bonds is 6. The molecule has 3 aliphatic heterocycles. The van der Waals surface area contributed by atoms with Gasteiger partial charge in [0.1, 0.15) is 11.8 Å². The Kier molecular flexibility index (Phi) is 5.85. The molecule has 3 amide bonds. The minimum Gasteiger partial charge on any atom is -0.494 e. The quantitative estimate of drug-likeness (QED) is 0.741. The van der Waals surface area contributed by atoms with E-state index in [0.717, 1.165) is 24.3 Å². The first kappa shape index (κ1) is 19.9. The highest BCUT2D eigenvalue weighted by Crippen LogP contribution is 2.30. The molecule has 7 heteroatoms. The Labute approximate surface area is 171 Å². The minimum atomic E-state index is -0.580. The lowest BCUT2D eigenvalue weighted by Crippen LogP contribution is -2.52. The number of carbonyl (C=O) groups excluding carboxylic acids is 3. The molecule has 0 radical (unpaired) electrons. The topological polar surface area (TPSA) is 79.0 Å². The maximum atomic E-state index is 12.7. The zero-order valence-electron chi connectivity index (χ0n) is 17.0. The molecule has 0 spiro atoms. The number of likely N-dealkylation sites (tertiary alicyclic amines) is 1. The number of imide groups is 1. The van der Waals surface area contributed by atoms with Gasteiger partial charge in [0, 0.05) is 24.6 Å². The second-order valence-corrected chi connectivity index (χ2v) is 8.13. The van der Waals surface area contributed by atoms with E-state index in [1.165, 1.54) is 25.8 Å². The number of carbonyl (C=O) groups is 3. The normalized spacial score (nSPS) is 25.1. The molecule has 0 saturated carbocycles. The summed E-state index contributed by atoms with van der Waals surface area (Å²) in [7, 11) is 0. The van der Waals surface area contributed by atoms with E-state index in [2.05, 4.69) is 17.1 Å². The van der Waals surface area contributed by atoms with E-state index in [1.54, 1.807) is 11.0 Å². The number of hydrogen-bond acceptors (Lipinski definition) is 5. The second kappa shape index (κ2) is 8.53. The van der Waals surface area contributed by atoms with E-state index in [1.807, 2.05) is 12.1 Å². The number of amides is 3. The van der Waals surface area contributed by atoms with Crippen molar-refractivity contribution in [2.24, 2.45) is 0 Å². The van der Waals surface area contributed by atoms with Crippen LogP contribution in [0.15, 0.2) is 18.2 Å². The molecule has 2 saturated heterocycles. The summed E-state index contributed by atoms with van der Waals surface area (Å²) in [6.45, 7) is 5.51. The Bertz CT molecular complexity index is 809. The maximum absolute atomic E-state index is 12.7. The molecule has 7 nitrogen and oxygen atoms in total. The van der Waals surface area contributed by atoms with Crippen LogP contribution >= 0.6 is 0 Å². The third kappa shape index (κ3) is 4.15. The number of piperidine rings is 2. The van der Waals surface area contributed by atoms with Crippen molar-refractivity contribution in [3.63, 3.8) is 0 Å². The number of ether oxygens (including phenoxy) is 1. The molecule has 0 aromatic heterocycles. The molecule has 2 atom stereocenters. The largest absolute Gasteiger partial charge is 0.494 e. The van der Waals surface area contributed by atoms with Gasteiger partial charge in [-0.05, 0) is 62.5 Å². The summed E-state index contributed by atoms with van der Waals surface area (Å²) in [6.07, 6.45) is 5.46. The third-order valence-electron chi connectivity index (χ3n) is 6.37. The number of fused-ring (bicyclic) bond motifs is 1. The van der Waals surface area contributed by atoms with Crippen molar-refractivity contribution in [3.05, 3.63) is 29.3 Å². The molecule has 3 aliphatic rings. The molecular formula is C22H29N3O4. The van der Waals surface area contributed by atoms with Crippen molar-refractivity contribution in [3.8, 4) is 5.75 Å². The van der Waals surface area contributed by atoms with Crippen LogP contribution < -0.4 is 10.1 Å². The summed E-state index contributed by atoms with van der Waals surface area (Å²) >= 11 is 0. The number of nitrogens with zero attached hydrogens (tertiary/aromatic N) is 2. The lowest BCUT2D eigenvalue weighted by atomic mass is 10.00. The molecule has 0 aliphatic carbocycles. The fraction of sp³-hybridized carbons (Fsp3) is 0.591. The molecule has 1 N–H and O–H groups in total. The summed E-state index contributed by atoms with van der Waals surface area (Å²) in [5.74, 6) is -0.0417. The molecule has 156 valence electrons. The molecule has 1 aromatic carbocycles. The van der Waals surface area contributed by atoms with E-state index in [9.17, 15) is 14.4 Å². The van der Waals surface area contributed by atoms with Crippen LogP contribution in [0.5, 0.6) is 5.75 Å². The van der Waals surface area contributed by atoms with Crippen molar-refractivity contribution in [2.75, 3.05) is 19.7 Å². The predicted octanol–water partition coefficient (Wildman–Crippen LogP) is 2.09. The lowest BCUT2D eigenvalue weighted by molar-refractivity contribution is -0.136. The Morgan fingerprint density at radius 3 is 2.83 bits per heavy atom. The van der Waals surface area contributed by atoms with Crippen molar-refractivity contribution >= 4 is 17.7 Å². The predicted molar refractivity (Wildman–Crippen MR) is 107 cm³/mol. The average molecular weight is 399 g/mol. The summed E-state index contributed by atoms with van der Waals surface area (Å²) in [4.78, 5) is 40.4. The van der Waals surface area contributed by atoms with Gasteiger partial charge in [-0.15, -0.1) is 0 Å². The van der Waals surface area contributed by atoms with Crippen LogP contribution in [0.25, 0.3) is 0 Å². The van der Waals surface area contributed by atoms with Crippen LogP contribution in [0.2, 0.25) is 0 Å². The molecule has 4 rings (SSSR count). The zero-order valence-corrected chi connectivity index (χ0v) is 17.0. The van der Waals surface area contributed by atoms with Crippen molar-refractivity contribution in [1.29, 1.82) is 0 Å². The molecular weight excluding hydrogens is 370 g/mol. The second-order valence-electron chi connectivity index (χ2n) is 8.13. The maximum Gasteiger partial charge on any atom is 0.255 e. The highest BCUT2D eigenvalue weighted by Gasteiger charge is 2.39. The Hall–Kier alpha value is -2.41. The van der Waals surface area contributed by atoms with Crippen LogP contribution in [0.3, 0.4) is 0 Å². The fourth-order valence-corrected chi connectivity index (χ4v) is 4.76. The fourth-order valence-electron chi connectivity index (χ4n) is 4.76. The minimum absolute atomic E-state index is 0.151. The van der Waals surface area contributed by atoms with Crippen LogP contribution in [0.1, 0.15) is 61.4 Å². The van der Waals surface area contributed by atoms with E-state index >= 15 is 0 Å². The van der Waals surface area contributed by atoms with Crippen molar-refractivity contribution in [2.45, 2.75) is 64.1 Å². The van der Waals surface area contributed by atoms with Crippen molar-refractivity contribution < 1.29 is 19.1 Å². The van der Waals surface area contributed by atoms with Gasteiger partial charge in [0.15, 0.2) is 0 Å². The average Bonchev–Trinajstić information content (AvgIpc) is 3.04. The van der Waals surface area contributed by atoms with E-state index < -0.39 is 6.04 Å². The van der Waals surface area contributed by atoms with Gasteiger partial charge in [-0.2, -0.15) is 0 Å². The summed E-state index contributed by atoms with van der Waals surface area (Å²) in [5.41, 5.74) is 1.50. The first-order valence-corrected chi connectivity index (χ1v) is 10.7. The van der Waals surface area contributed by atoms with Crippen LogP contribution in [0.4, 0.5) is 0 Å². The molecule has 29 heavy (non-hydrogen) atoms. The van der Waals surface area contributed by atoms with Gasteiger partial charge < -0.3 is 14.5 Å². The molecule has 1 unspecified atom stereocenters. The van der Waals surface area contributed by atoms with Gasteiger partial charge in [0.25, 0.3) is 5.91 Å². The smallest absolute Gasteiger partial charge is 0.255 e. The highest BCUT2D eigenvalue weighted by molar-refractivity contribution is 6.05. The van der Waals surface area contributed by atoms with E-state index in [-0.39, 0.29) is 24.1 Å². The molecule has 1 aromatic rings. The van der Waals surface area contributed by atoms with Crippen LogP contribution in [0, 0.1) is 0 Å². The van der Waals surface area contributed by atoms with Gasteiger partial charge >= 0.3 is 0 Å². The van der Waals surface area contributed by atoms with Crippen LogP contribution in [-0.2, 0) is 16.1 Å². The van der Waals surface area contributed by atoms with Gasteiger partial charge in [0.2, 0.25) is 11.8 Å². The summed E-state index contributed by atoms with van der Waals surface area (Å²) < 4.78 is 6.00. The third-order valence-corrected chi connectivity index (χ3v) is 6.37. The number of benzene rings is 1. The van der Waals surface area contributed by atoms with Gasteiger partial charge in [0.05, 0.1) is 6.61 Å². The van der Waals surface area contributed by atoms with Crippen LogP contribution in [-0.4, -0.2) is 59.3 Å². The lowest BCUT2D eigenvalue weighted by Gasteiger charge is -2.34. The SMILES string of the molecule is CCN1CCCC[C@@H]1CCOc1ccc2c(c1)CN(C1CCC(=O)NC1=O)C2=O. The summed E-state index contributed by atoms with van der Waals surface area (Å²) in [6, 6.07) is 5.55. The Morgan fingerprint density at radius 2 is 2.03 bits per heavy atom. The first-order chi connectivity index (χ1) is 14.1. The molecule has 2 fully saturated rings.